The number of hydrogen-bond acceptors (Lipinski definition) is 3. The zero-order chi connectivity index (χ0) is 13.5. The molecule has 0 unspecified atom stereocenters. The first kappa shape index (κ1) is 12.9. The van der Waals surface area contributed by atoms with Crippen molar-refractivity contribution in [3.8, 4) is 0 Å². The van der Waals surface area contributed by atoms with E-state index in [9.17, 15) is 13.2 Å². The fourth-order valence-electron chi connectivity index (χ4n) is 3.11. The lowest BCUT2D eigenvalue weighted by Gasteiger charge is -2.47. The molecule has 0 atom stereocenters. The molecule has 1 saturated heterocycles. The summed E-state index contributed by atoms with van der Waals surface area (Å²) in [5, 5.41) is 8.96. The largest absolute Gasteiger partial charge is 0.453 e. The van der Waals surface area contributed by atoms with E-state index in [0.29, 0.717) is 23.6 Å². The maximum Gasteiger partial charge on any atom is 0.453 e. The molecule has 1 aliphatic heterocycles. The molecule has 1 aromatic heterocycles. The highest BCUT2D eigenvalue weighted by atomic mass is 19.4. The topological polar surface area (TPSA) is 53.6 Å². The van der Waals surface area contributed by atoms with E-state index >= 15 is 0 Å². The van der Waals surface area contributed by atoms with Gasteiger partial charge in [0, 0.05) is 19.5 Å². The summed E-state index contributed by atoms with van der Waals surface area (Å²) in [6.45, 7) is 2.19. The van der Waals surface area contributed by atoms with E-state index in [0.717, 1.165) is 25.9 Å². The van der Waals surface area contributed by atoms with Crippen molar-refractivity contribution in [1.29, 1.82) is 0 Å². The Labute approximate surface area is 109 Å². The van der Waals surface area contributed by atoms with Gasteiger partial charge in [0.15, 0.2) is 0 Å². The Morgan fingerprint density at radius 1 is 1.21 bits per heavy atom. The summed E-state index contributed by atoms with van der Waals surface area (Å²) >= 11 is 0. The molecule has 0 radical (unpaired) electrons. The molecule has 2 aliphatic rings. The van der Waals surface area contributed by atoms with E-state index in [4.69, 9.17) is 0 Å². The fourth-order valence-corrected chi connectivity index (χ4v) is 3.11. The predicted molar refractivity (Wildman–Crippen MR) is 62.3 cm³/mol. The Kier molecular flexibility index (Phi) is 3.03. The van der Waals surface area contributed by atoms with Crippen molar-refractivity contribution >= 4 is 0 Å². The molecule has 0 bridgehead atoms. The summed E-state index contributed by atoms with van der Waals surface area (Å²) in [4.78, 5) is 3.54. The van der Waals surface area contributed by atoms with Crippen LogP contribution >= 0.6 is 0 Å². The monoisotopic (exact) mass is 274 g/mol. The average molecular weight is 274 g/mol. The Morgan fingerprint density at radius 2 is 1.89 bits per heavy atom. The summed E-state index contributed by atoms with van der Waals surface area (Å²) in [5.74, 6) is -0.266. The second-order valence-corrected chi connectivity index (χ2v) is 5.85. The lowest BCUT2D eigenvalue weighted by molar-refractivity contribution is -0.144. The van der Waals surface area contributed by atoms with Crippen LogP contribution in [-0.4, -0.2) is 28.3 Å². The standard InChI is InChI=1S/C12H17F3N4/c13-12(14,15)10-17-9(18-19-10)5-8-1-3-11(4-2-8)6-16-7-11/h8,16H,1-7H2,(H,17,18,19). The number of aromatic amines is 1. The smallest absolute Gasteiger partial charge is 0.316 e. The van der Waals surface area contributed by atoms with Crippen molar-refractivity contribution in [1.82, 2.24) is 20.5 Å². The summed E-state index contributed by atoms with van der Waals surface area (Å²) in [5.41, 5.74) is 0.481. The first-order valence-corrected chi connectivity index (χ1v) is 6.66. The quantitative estimate of drug-likeness (QED) is 0.868. The molecule has 19 heavy (non-hydrogen) atoms. The van der Waals surface area contributed by atoms with Gasteiger partial charge in [0.1, 0.15) is 5.82 Å². The van der Waals surface area contributed by atoms with E-state index in [1.165, 1.54) is 12.8 Å². The third-order valence-corrected chi connectivity index (χ3v) is 4.43. The highest BCUT2D eigenvalue weighted by Gasteiger charge is 2.40. The van der Waals surface area contributed by atoms with Crippen LogP contribution in [0.4, 0.5) is 13.2 Å². The van der Waals surface area contributed by atoms with Gasteiger partial charge in [-0.25, -0.2) is 4.98 Å². The molecule has 1 aliphatic carbocycles. The van der Waals surface area contributed by atoms with Gasteiger partial charge >= 0.3 is 6.18 Å². The highest BCUT2D eigenvalue weighted by molar-refractivity contribution is 4.99. The minimum Gasteiger partial charge on any atom is -0.316 e. The Balaban J connectivity index is 1.56. The van der Waals surface area contributed by atoms with Crippen molar-refractivity contribution in [2.24, 2.45) is 11.3 Å². The number of nitrogens with one attached hydrogen (secondary N) is 2. The molecular weight excluding hydrogens is 257 g/mol. The van der Waals surface area contributed by atoms with Gasteiger partial charge in [-0.3, -0.25) is 5.10 Å². The maximum atomic E-state index is 12.4. The molecule has 0 aromatic carbocycles. The number of alkyl halides is 3. The van der Waals surface area contributed by atoms with Gasteiger partial charge in [0.05, 0.1) is 0 Å². The number of halogens is 3. The van der Waals surface area contributed by atoms with E-state index in [1.54, 1.807) is 0 Å². The molecule has 106 valence electrons. The molecule has 2 fully saturated rings. The number of rotatable bonds is 2. The van der Waals surface area contributed by atoms with Gasteiger partial charge < -0.3 is 5.32 Å². The average Bonchev–Trinajstić information content (AvgIpc) is 2.76. The van der Waals surface area contributed by atoms with Gasteiger partial charge in [0.25, 0.3) is 5.82 Å². The Bertz CT molecular complexity index is 440. The third kappa shape index (κ3) is 2.61. The van der Waals surface area contributed by atoms with Gasteiger partial charge in [-0.1, -0.05) is 0 Å². The van der Waals surface area contributed by atoms with Crippen LogP contribution in [0.1, 0.15) is 37.3 Å². The highest BCUT2D eigenvalue weighted by Crippen LogP contribution is 2.42. The first-order chi connectivity index (χ1) is 8.97. The third-order valence-electron chi connectivity index (χ3n) is 4.43. The summed E-state index contributed by atoms with van der Waals surface area (Å²) < 4.78 is 37.1. The fraction of sp³-hybridized carbons (Fsp3) is 0.833. The minimum absolute atomic E-state index is 0.361. The molecule has 1 aromatic rings. The molecule has 1 saturated carbocycles. The number of aromatic nitrogens is 3. The zero-order valence-corrected chi connectivity index (χ0v) is 10.6. The van der Waals surface area contributed by atoms with Crippen LogP contribution in [0.3, 0.4) is 0 Å². The van der Waals surface area contributed by atoms with E-state index < -0.39 is 12.0 Å². The van der Waals surface area contributed by atoms with E-state index in [2.05, 4.69) is 20.5 Å². The maximum absolute atomic E-state index is 12.4. The van der Waals surface area contributed by atoms with Crippen LogP contribution in [0.25, 0.3) is 0 Å². The van der Waals surface area contributed by atoms with Crippen molar-refractivity contribution in [2.45, 2.75) is 38.3 Å². The minimum atomic E-state index is -4.46. The van der Waals surface area contributed by atoms with Crippen LogP contribution in [0.15, 0.2) is 0 Å². The van der Waals surface area contributed by atoms with Crippen LogP contribution in [0, 0.1) is 11.3 Å². The van der Waals surface area contributed by atoms with Crippen LogP contribution in [-0.2, 0) is 12.6 Å². The second kappa shape index (κ2) is 4.47. The molecule has 2 heterocycles. The van der Waals surface area contributed by atoms with Crippen LogP contribution in [0.2, 0.25) is 0 Å². The van der Waals surface area contributed by atoms with Crippen molar-refractivity contribution in [2.75, 3.05) is 13.1 Å². The van der Waals surface area contributed by atoms with Gasteiger partial charge in [-0.2, -0.15) is 13.2 Å². The van der Waals surface area contributed by atoms with Gasteiger partial charge in [-0.15, -0.1) is 5.10 Å². The van der Waals surface area contributed by atoms with Crippen molar-refractivity contribution in [3.05, 3.63) is 11.6 Å². The Hall–Kier alpha value is -1.11. The van der Waals surface area contributed by atoms with Gasteiger partial charge in [0.2, 0.25) is 0 Å². The summed E-state index contributed by atoms with van der Waals surface area (Å²) in [6, 6.07) is 0. The number of H-pyrrole nitrogens is 1. The second-order valence-electron chi connectivity index (χ2n) is 5.85. The molecule has 2 N–H and O–H groups in total. The van der Waals surface area contributed by atoms with Crippen LogP contribution < -0.4 is 5.32 Å². The summed E-state index contributed by atoms with van der Waals surface area (Å²) in [7, 11) is 0. The van der Waals surface area contributed by atoms with E-state index in [1.807, 2.05) is 0 Å². The lowest BCUT2D eigenvalue weighted by atomic mass is 9.66. The molecule has 4 nitrogen and oxygen atoms in total. The predicted octanol–water partition coefficient (Wildman–Crippen LogP) is 2.15. The van der Waals surface area contributed by atoms with E-state index in [-0.39, 0.29) is 0 Å². The molecular formula is C12H17F3N4. The van der Waals surface area contributed by atoms with Gasteiger partial charge in [-0.05, 0) is 37.0 Å². The van der Waals surface area contributed by atoms with Crippen molar-refractivity contribution in [3.63, 3.8) is 0 Å². The first-order valence-electron chi connectivity index (χ1n) is 6.66. The number of nitrogens with zero attached hydrogens (tertiary/aromatic N) is 2. The normalized spacial score (nSPS) is 23.5. The van der Waals surface area contributed by atoms with Crippen molar-refractivity contribution < 1.29 is 13.2 Å². The lowest BCUT2D eigenvalue weighted by Crippen LogP contribution is -2.54. The van der Waals surface area contributed by atoms with Crippen LogP contribution in [0.5, 0.6) is 0 Å². The SMILES string of the molecule is FC(F)(F)c1n[nH]c(CC2CCC3(CC2)CNC3)n1. The Morgan fingerprint density at radius 3 is 2.37 bits per heavy atom. The zero-order valence-electron chi connectivity index (χ0n) is 10.6. The molecule has 7 heteroatoms. The number of hydrogen-bond donors (Lipinski definition) is 2. The summed E-state index contributed by atoms with van der Waals surface area (Å²) in [6.07, 6.45) is 0.610. The molecule has 3 rings (SSSR count). The molecule has 1 spiro atoms. The molecule has 0 amide bonds.